The average Bonchev–Trinajstić information content (AvgIpc) is 2.73. The van der Waals surface area contributed by atoms with Gasteiger partial charge in [0.2, 0.25) is 5.28 Å². The van der Waals surface area contributed by atoms with Gasteiger partial charge in [0, 0.05) is 12.7 Å². The fraction of sp³-hybridized carbons (Fsp3) is 0.545. The number of halogens is 1. The van der Waals surface area contributed by atoms with E-state index in [2.05, 4.69) is 20.4 Å². The molecule has 5 nitrogen and oxygen atoms in total. The second-order valence-electron chi connectivity index (χ2n) is 4.46. The maximum Gasteiger partial charge on any atom is 0.224 e. The SMILES string of the molecule is Clc1ncc2cnn(CC3CCCNC3)c2n1. The molecule has 1 aliphatic heterocycles. The third kappa shape index (κ3) is 2.25. The highest BCUT2D eigenvalue weighted by Crippen LogP contribution is 2.17. The van der Waals surface area contributed by atoms with E-state index in [4.69, 9.17) is 11.6 Å². The van der Waals surface area contributed by atoms with Gasteiger partial charge in [-0.3, -0.25) is 0 Å². The molecule has 0 saturated carbocycles. The maximum atomic E-state index is 5.81. The largest absolute Gasteiger partial charge is 0.316 e. The smallest absolute Gasteiger partial charge is 0.224 e. The van der Waals surface area contributed by atoms with Crippen molar-refractivity contribution < 1.29 is 0 Å². The van der Waals surface area contributed by atoms with E-state index in [1.165, 1.54) is 12.8 Å². The van der Waals surface area contributed by atoms with Crippen LogP contribution in [-0.4, -0.2) is 32.8 Å². The summed E-state index contributed by atoms with van der Waals surface area (Å²) in [4.78, 5) is 8.19. The van der Waals surface area contributed by atoms with Crippen molar-refractivity contribution in [1.82, 2.24) is 25.1 Å². The van der Waals surface area contributed by atoms with Gasteiger partial charge in [-0.05, 0) is 43.5 Å². The molecule has 0 amide bonds. The summed E-state index contributed by atoms with van der Waals surface area (Å²) in [6.45, 7) is 3.08. The lowest BCUT2D eigenvalue weighted by atomic mass is 10.00. The van der Waals surface area contributed by atoms with Crippen molar-refractivity contribution in [1.29, 1.82) is 0 Å². The van der Waals surface area contributed by atoms with Crippen LogP contribution >= 0.6 is 11.6 Å². The highest BCUT2D eigenvalue weighted by molar-refractivity contribution is 6.28. The molecule has 0 aromatic carbocycles. The van der Waals surface area contributed by atoms with Gasteiger partial charge < -0.3 is 5.32 Å². The molecule has 90 valence electrons. The van der Waals surface area contributed by atoms with Crippen LogP contribution in [0.1, 0.15) is 12.8 Å². The topological polar surface area (TPSA) is 55.6 Å². The number of fused-ring (bicyclic) bond motifs is 1. The number of nitrogens with one attached hydrogen (secondary N) is 1. The second-order valence-corrected chi connectivity index (χ2v) is 4.80. The van der Waals surface area contributed by atoms with Crippen LogP contribution in [0, 0.1) is 5.92 Å². The Morgan fingerprint density at radius 3 is 3.24 bits per heavy atom. The fourth-order valence-electron chi connectivity index (χ4n) is 2.30. The van der Waals surface area contributed by atoms with Crippen LogP contribution in [0.4, 0.5) is 0 Å². The third-order valence-corrected chi connectivity index (χ3v) is 3.36. The monoisotopic (exact) mass is 251 g/mol. The highest BCUT2D eigenvalue weighted by Gasteiger charge is 2.15. The number of hydrogen-bond donors (Lipinski definition) is 1. The molecule has 1 unspecified atom stereocenters. The molecule has 0 bridgehead atoms. The Balaban J connectivity index is 1.86. The van der Waals surface area contributed by atoms with E-state index < -0.39 is 0 Å². The summed E-state index contributed by atoms with van der Waals surface area (Å²) in [6.07, 6.45) is 5.99. The zero-order chi connectivity index (χ0) is 11.7. The van der Waals surface area contributed by atoms with Gasteiger partial charge in [0.05, 0.1) is 11.6 Å². The van der Waals surface area contributed by atoms with Gasteiger partial charge in [-0.1, -0.05) is 0 Å². The molecule has 0 radical (unpaired) electrons. The molecule has 2 aromatic rings. The summed E-state index contributed by atoms with van der Waals surface area (Å²) < 4.78 is 1.93. The number of nitrogens with zero attached hydrogens (tertiary/aromatic N) is 4. The van der Waals surface area contributed by atoms with Gasteiger partial charge in [-0.25, -0.2) is 9.67 Å². The van der Waals surface area contributed by atoms with Crippen LogP contribution < -0.4 is 5.32 Å². The van der Waals surface area contributed by atoms with Crippen molar-refractivity contribution in [3.05, 3.63) is 17.7 Å². The van der Waals surface area contributed by atoms with Crippen molar-refractivity contribution in [2.24, 2.45) is 5.92 Å². The van der Waals surface area contributed by atoms with Crippen molar-refractivity contribution >= 4 is 22.6 Å². The van der Waals surface area contributed by atoms with Crippen LogP contribution in [0.15, 0.2) is 12.4 Å². The van der Waals surface area contributed by atoms with Crippen molar-refractivity contribution in [3.8, 4) is 0 Å². The minimum atomic E-state index is 0.279. The summed E-state index contributed by atoms with van der Waals surface area (Å²) in [6, 6.07) is 0. The van der Waals surface area contributed by atoms with Crippen molar-refractivity contribution in [2.45, 2.75) is 19.4 Å². The summed E-state index contributed by atoms with van der Waals surface area (Å²) >= 11 is 5.81. The average molecular weight is 252 g/mol. The predicted molar refractivity (Wildman–Crippen MR) is 65.9 cm³/mol. The molecule has 17 heavy (non-hydrogen) atoms. The van der Waals surface area contributed by atoms with E-state index >= 15 is 0 Å². The normalized spacial score (nSPS) is 20.9. The molecular formula is C11H14ClN5. The molecule has 1 saturated heterocycles. The fourth-order valence-corrected chi connectivity index (χ4v) is 2.43. The summed E-state index contributed by atoms with van der Waals surface area (Å²) in [7, 11) is 0. The first-order chi connectivity index (χ1) is 8.33. The van der Waals surface area contributed by atoms with Gasteiger partial charge in [-0.2, -0.15) is 10.1 Å². The summed E-state index contributed by atoms with van der Waals surface area (Å²) in [5.74, 6) is 0.626. The molecule has 1 aliphatic rings. The molecule has 1 fully saturated rings. The summed E-state index contributed by atoms with van der Waals surface area (Å²) in [5.41, 5.74) is 0.829. The lowest BCUT2D eigenvalue weighted by molar-refractivity contribution is 0.328. The number of hydrogen-bond acceptors (Lipinski definition) is 4. The molecule has 0 spiro atoms. The lowest BCUT2D eigenvalue weighted by Gasteiger charge is -2.22. The van der Waals surface area contributed by atoms with Crippen molar-refractivity contribution in [2.75, 3.05) is 13.1 Å². The van der Waals surface area contributed by atoms with Gasteiger partial charge in [0.25, 0.3) is 0 Å². The quantitative estimate of drug-likeness (QED) is 0.822. The van der Waals surface area contributed by atoms with Crippen LogP contribution in [0.2, 0.25) is 5.28 Å². The Morgan fingerprint density at radius 2 is 2.41 bits per heavy atom. The maximum absolute atomic E-state index is 5.81. The number of aromatic nitrogens is 4. The third-order valence-electron chi connectivity index (χ3n) is 3.18. The second kappa shape index (κ2) is 4.58. The number of rotatable bonds is 2. The molecular weight excluding hydrogens is 238 g/mol. The highest BCUT2D eigenvalue weighted by atomic mass is 35.5. The van der Waals surface area contributed by atoms with Crippen molar-refractivity contribution in [3.63, 3.8) is 0 Å². The molecule has 0 aliphatic carbocycles. The van der Waals surface area contributed by atoms with Gasteiger partial charge in [0.15, 0.2) is 5.65 Å². The predicted octanol–water partition coefficient (Wildman–Crippen LogP) is 1.48. The molecule has 1 atom stereocenters. The molecule has 3 rings (SSSR count). The Bertz CT molecular complexity index is 518. The molecule has 1 N–H and O–H groups in total. The van der Waals surface area contributed by atoms with Gasteiger partial charge in [0.1, 0.15) is 0 Å². The van der Waals surface area contributed by atoms with E-state index in [0.29, 0.717) is 5.92 Å². The Labute approximate surface area is 104 Å². The molecule has 3 heterocycles. The van der Waals surface area contributed by atoms with E-state index in [9.17, 15) is 0 Å². The van der Waals surface area contributed by atoms with E-state index in [0.717, 1.165) is 30.7 Å². The Kier molecular flexibility index (Phi) is 2.94. The van der Waals surface area contributed by atoms with Crippen LogP contribution in [-0.2, 0) is 6.54 Å². The first-order valence-corrected chi connectivity index (χ1v) is 6.25. The minimum absolute atomic E-state index is 0.279. The number of piperidine rings is 1. The molecule has 6 heteroatoms. The van der Waals surface area contributed by atoms with Crippen LogP contribution in [0.3, 0.4) is 0 Å². The zero-order valence-electron chi connectivity index (χ0n) is 9.43. The van der Waals surface area contributed by atoms with E-state index in [1.807, 2.05) is 4.68 Å². The van der Waals surface area contributed by atoms with Gasteiger partial charge in [-0.15, -0.1) is 0 Å². The molecule has 2 aromatic heterocycles. The first-order valence-electron chi connectivity index (χ1n) is 5.88. The Morgan fingerprint density at radius 1 is 1.47 bits per heavy atom. The van der Waals surface area contributed by atoms with E-state index in [-0.39, 0.29) is 5.28 Å². The minimum Gasteiger partial charge on any atom is -0.316 e. The van der Waals surface area contributed by atoms with Crippen LogP contribution in [0.25, 0.3) is 11.0 Å². The van der Waals surface area contributed by atoms with E-state index in [1.54, 1.807) is 12.4 Å². The van der Waals surface area contributed by atoms with Gasteiger partial charge >= 0.3 is 0 Å². The summed E-state index contributed by atoms with van der Waals surface area (Å²) in [5, 5.41) is 8.99. The standard InChI is InChI=1S/C11H14ClN5/c12-11-14-5-9-6-15-17(10(9)16-11)7-8-2-1-3-13-4-8/h5-6,8,13H,1-4,7H2. The van der Waals surface area contributed by atoms with Crippen LogP contribution in [0.5, 0.6) is 0 Å². The Hall–Kier alpha value is -1.20. The lowest BCUT2D eigenvalue weighted by Crippen LogP contribution is -2.32. The first kappa shape index (κ1) is 10.9. The zero-order valence-corrected chi connectivity index (χ0v) is 10.2.